The summed E-state index contributed by atoms with van der Waals surface area (Å²) in [6.07, 6.45) is 2.74. The molecule has 0 bridgehead atoms. The maximum absolute atomic E-state index is 5.97. The van der Waals surface area contributed by atoms with E-state index in [2.05, 4.69) is 18.0 Å². The van der Waals surface area contributed by atoms with E-state index in [1.165, 1.54) is 5.56 Å². The lowest BCUT2D eigenvalue weighted by atomic mass is 10.1. The molecule has 0 radical (unpaired) electrons. The van der Waals surface area contributed by atoms with Crippen molar-refractivity contribution in [3.63, 3.8) is 0 Å². The lowest BCUT2D eigenvalue weighted by Crippen LogP contribution is -2.20. The Labute approximate surface area is 85.3 Å². The van der Waals surface area contributed by atoms with Crippen molar-refractivity contribution in [2.45, 2.75) is 26.3 Å². The lowest BCUT2D eigenvalue weighted by Gasteiger charge is -2.13. The van der Waals surface area contributed by atoms with E-state index in [-0.39, 0.29) is 6.04 Å². The van der Waals surface area contributed by atoms with Gasteiger partial charge in [0, 0.05) is 12.8 Å². The predicted octanol–water partition coefficient (Wildman–Crippen LogP) is 1.68. The van der Waals surface area contributed by atoms with Gasteiger partial charge in [-0.05, 0) is 25.0 Å². The minimum atomic E-state index is -0.105. The maximum atomic E-state index is 5.97. The molecule has 0 saturated carbocycles. The Balaban J connectivity index is 2.72. The standard InChI is InChI=1S/C11H18N2O/c1-3-9-6-5-7-13-11(9)10(12)8-14-4-2/h5-7,10H,3-4,8,12H2,1-2H3. The van der Waals surface area contributed by atoms with Gasteiger partial charge in [-0.2, -0.15) is 0 Å². The molecule has 1 aromatic rings. The highest BCUT2D eigenvalue weighted by molar-refractivity contribution is 5.22. The van der Waals surface area contributed by atoms with Crippen LogP contribution in [0.3, 0.4) is 0 Å². The number of ether oxygens (including phenoxy) is 1. The summed E-state index contributed by atoms with van der Waals surface area (Å²) in [6.45, 7) is 5.31. The second-order valence-corrected chi connectivity index (χ2v) is 3.17. The zero-order chi connectivity index (χ0) is 10.4. The van der Waals surface area contributed by atoms with Crippen molar-refractivity contribution < 1.29 is 4.74 Å². The molecule has 0 aliphatic rings. The third-order valence-electron chi connectivity index (χ3n) is 2.16. The summed E-state index contributed by atoms with van der Waals surface area (Å²) in [4.78, 5) is 4.30. The van der Waals surface area contributed by atoms with Gasteiger partial charge in [-0.15, -0.1) is 0 Å². The summed E-state index contributed by atoms with van der Waals surface area (Å²) in [7, 11) is 0. The number of hydrogen-bond acceptors (Lipinski definition) is 3. The fraction of sp³-hybridized carbons (Fsp3) is 0.545. The molecule has 2 N–H and O–H groups in total. The van der Waals surface area contributed by atoms with Gasteiger partial charge < -0.3 is 10.5 Å². The van der Waals surface area contributed by atoms with Gasteiger partial charge in [0.15, 0.2) is 0 Å². The minimum Gasteiger partial charge on any atom is -0.380 e. The van der Waals surface area contributed by atoms with Crippen LogP contribution in [0.1, 0.15) is 31.1 Å². The Morgan fingerprint density at radius 2 is 2.29 bits per heavy atom. The van der Waals surface area contributed by atoms with Gasteiger partial charge in [0.05, 0.1) is 18.3 Å². The molecule has 0 aliphatic heterocycles. The number of hydrogen-bond donors (Lipinski definition) is 1. The van der Waals surface area contributed by atoms with Crippen LogP contribution in [0.25, 0.3) is 0 Å². The predicted molar refractivity (Wildman–Crippen MR) is 57.0 cm³/mol. The molecule has 0 aliphatic carbocycles. The molecule has 3 heteroatoms. The first-order chi connectivity index (χ1) is 6.79. The third-order valence-corrected chi connectivity index (χ3v) is 2.16. The fourth-order valence-electron chi connectivity index (χ4n) is 1.41. The van der Waals surface area contributed by atoms with Gasteiger partial charge in [-0.3, -0.25) is 4.98 Å². The summed E-state index contributed by atoms with van der Waals surface area (Å²) in [5.74, 6) is 0. The third kappa shape index (κ3) is 2.79. The Morgan fingerprint density at radius 3 is 2.93 bits per heavy atom. The Kier molecular flexibility index (Phi) is 4.56. The quantitative estimate of drug-likeness (QED) is 0.775. The molecule has 1 unspecified atom stereocenters. The molecule has 14 heavy (non-hydrogen) atoms. The van der Waals surface area contributed by atoms with Crippen LogP contribution in [-0.2, 0) is 11.2 Å². The van der Waals surface area contributed by atoms with Gasteiger partial charge in [0.25, 0.3) is 0 Å². The van der Waals surface area contributed by atoms with Gasteiger partial charge in [-0.1, -0.05) is 13.0 Å². The van der Waals surface area contributed by atoms with E-state index in [0.717, 1.165) is 12.1 Å². The number of nitrogens with zero attached hydrogens (tertiary/aromatic N) is 1. The molecule has 3 nitrogen and oxygen atoms in total. The van der Waals surface area contributed by atoms with Crippen molar-refractivity contribution in [1.82, 2.24) is 4.98 Å². The summed E-state index contributed by atoms with van der Waals surface area (Å²) in [5, 5.41) is 0. The molecule has 1 aromatic heterocycles. The Hall–Kier alpha value is -0.930. The largest absolute Gasteiger partial charge is 0.380 e. The molecule has 0 spiro atoms. The van der Waals surface area contributed by atoms with E-state index in [1.54, 1.807) is 6.20 Å². The zero-order valence-electron chi connectivity index (χ0n) is 8.86. The van der Waals surface area contributed by atoms with Crippen molar-refractivity contribution in [3.8, 4) is 0 Å². The van der Waals surface area contributed by atoms with Crippen molar-refractivity contribution in [1.29, 1.82) is 0 Å². The summed E-state index contributed by atoms with van der Waals surface area (Å²) in [5.41, 5.74) is 8.14. The van der Waals surface area contributed by atoms with Crippen LogP contribution in [0.2, 0.25) is 0 Å². The zero-order valence-corrected chi connectivity index (χ0v) is 8.86. The van der Waals surface area contributed by atoms with E-state index in [9.17, 15) is 0 Å². The summed E-state index contributed by atoms with van der Waals surface area (Å²) < 4.78 is 5.28. The molecule has 78 valence electrons. The van der Waals surface area contributed by atoms with Crippen LogP contribution in [-0.4, -0.2) is 18.2 Å². The Morgan fingerprint density at radius 1 is 1.50 bits per heavy atom. The number of nitrogens with two attached hydrogens (primary N) is 1. The average Bonchev–Trinajstić information content (AvgIpc) is 2.25. The second kappa shape index (κ2) is 5.73. The number of aromatic nitrogens is 1. The number of pyridine rings is 1. The van der Waals surface area contributed by atoms with Crippen molar-refractivity contribution in [2.75, 3.05) is 13.2 Å². The number of rotatable bonds is 5. The molecular formula is C11H18N2O. The van der Waals surface area contributed by atoms with E-state index < -0.39 is 0 Å². The van der Waals surface area contributed by atoms with Gasteiger partial charge in [-0.25, -0.2) is 0 Å². The van der Waals surface area contributed by atoms with Crippen LogP contribution in [0, 0.1) is 0 Å². The first-order valence-corrected chi connectivity index (χ1v) is 5.06. The molecule has 1 rings (SSSR count). The molecule has 0 aromatic carbocycles. The lowest BCUT2D eigenvalue weighted by molar-refractivity contribution is 0.132. The second-order valence-electron chi connectivity index (χ2n) is 3.17. The van der Waals surface area contributed by atoms with Crippen LogP contribution in [0.15, 0.2) is 18.3 Å². The van der Waals surface area contributed by atoms with Crippen molar-refractivity contribution in [2.24, 2.45) is 5.73 Å². The highest BCUT2D eigenvalue weighted by Crippen LogP contribution is 2.13. The minimum absolute atomic E-state index is 0.105. The summed E-state index contributed by atoms with van der Waals surface area (Å²) >= 11 is 0. The average molecular weight is 194 g/mol. The first kappa shape index (κ1) is 11.1. The van der Waals surface area contributed by atoms with E-state index >= 15 is 0 Å². The van der Waals surface area contributed by atoms with E-state index in [4.69, 9.17) is 10.5 Å². The Bertz CT molecular complexity index is 276. The normalized spacial score (nSPS) is 12.8. The van der Waals surface area contributed by atoms with Crippen molar-refractivity contribution >= 4 is 0 Å². The van der Waals surface area contributed by atoms with Crippen LogP contribution in [0.4, 0.5) is 0 Å². The van der Waals surface area contributed by atoms with Crippen LogP contribution >= 0.6 is 0 Å². The van der Waals surface area contributed by atoms with Crippen LogP contribution < -0.4 is 5.73 Å². The molecule has 0 amide bonds. The van der Waals surface area contributed by atoms with Crippen LogP contribution in [0.5, 0.6) is 0 Å². The SMILES string of the molecule is CCOCC(N)c1ncccc1CC. The smallest absolute Gasteiger partial charge is 0.0710 e. The van der Waals surface area contributed by atoms with Crippen molar-refractivity contribution in [3.05, 3.63) is 29.6 Å². The topological polar surface area (TPSA) is 48.1 Å². The van der Waals surface area contributed by atoms with E-state index in [0.29, 0.717) is 13.2 Å². The van der Waals surface area contributed by atoms with E-state index in [1.807, 2.05) is 13.0 Å². The van der Waals surface area contributed by atoms with Gasteiger partial charge in [0.1, 0.15) is 0 Å². The molecule has 1 heterocycles. The molecular weight excluding hydrogens is 176 g/mol. The molecule has 0 saturated heterocycles. The molecule has 0 fully saturated rings. The monoisotopic (exact) mass is 194 g/mol. The number of aryl methyl sites for hydroxylation is 1. The van der Waals surface area contributed by atoms with Gasteiger partial charge >= 0.3 is 0 Å². The highest BCUT2D eigenvalue weighted by atomic mass is 16.5. The molecule has 1 atom stereocenters. The summed E-state index contributed by atoms with van der Waals surface area (Å²) in [6, 6.07) is 3.90. The first-order valence-electron chi connectivity index (χ1n) is 5.06. The maximum Gasteiger partial charge on any atom is 0.0710 e. The van der Waals surface area contributed by atoms with Gasteiger partial charge in [0.2, 0.25) is 0 Å². The fourth-order valence-corrected chi connectivity index (χ4v) is 1.41. The highest BCUT2D eigenvalue weighted by Gasteiger charge is 2.10.